The summed E-state index contributed by atoms with van der Waals surface area (Å²) in [5, 5.41) is 3.10. The van der Waals surface area contributed by atoms with Gasteiger partial charge < -0.3 is 4.74 Å². The second-order valence-electron chi connectivity index (χ2n) is 8.57. The standard InChI is InChI=1S/C25H33N5O3/c1-20(2)33-30-19-29(24(31)21-9-5-3-6-10-21)27-25(30)26-22-11-13-23(14-12-22)32-18-17-28-15-7-4-8-16-28/h3,5-6,9-14,20H,4,7-8,15-19H2,1-2H3,(H,26,27). The Hall–Kier alpha value is -3.10. The first-order valence-corrected chi connectivity index (χ1v) is 11.7. The minimum atomic E-state index is -0.143. The molecule has 2 fully saturated rings. The van der Waals surface area contributed by atoms with Crippen molar-refractivity contribution in [2.75, 3.05) is 32.9 Å². The first kappa shape index (κ1) is 23.1. The molecule has 0 unspecified atom stereocenters. The van der Waals surface area contributed by atoms with Gasteiger partial charge in [0.25, 0.3) is 5.91 Å². The number of nitrogens with zero attached hydrogens (tertiary/aromatic N) is 4. The van der Waals surface area contributed by atoms with Crippen molar-refractivity contribution < 1.29 is 14.4 Å². The Morgan fingerprint density at radius 3 is 2.45 bits per heavy atom. The number of guanidine groups is 1. The van der Waals surface area contributed by atoms with Gasteiger partial charge in [0.05, 0.1) is 11.8 Å². The van der Waals surface area contributed by atoms with E-state index in [1.807, 2.05) is 56.3 Å². The summed E-state index contributed by atoms with van der Waals surface area (Å²) in [7, 11) is 0. The molecule has 2 heterocycles. The summed E-state index contributed by atoms with van der Waals surface area (Å²) >= 11 is 0. The molecule has 0 atom stereocenters. The van der Waals surface area contributed by atoms with Crippen molar-refractivity contribution in [1.29, 1.82) is 0 Å². The third-order valence-corrected chi connectivity index (χ3v) is 5.54. The zero-order valence-corrected chi connectivity index (χ0v) is 19.4. The molecule has 0 aromatic heterocycles. The van der Waals surface area contributed by atoms with Gasteiger partial charge in [0, 0.05) is 12.1 Å². The number of piperidine rings is 1. The molecule has 0 saturated carbocycles. The number of carbonyl (C=O) groups excluding carboxylic acids is 1. The summed E-state index contributed by atoms with van der Waals surface area (Å²) in [5.74, 6) is 1.15. The molecular weight excluding hydrogens is 418 g/mol. The van der Waals surface area contributed by atoms with Gasteiger partial charge in [-0.25, -0.2) is 10.0 Å². The third-order valence-electron chi connectivity index (χ3n) is 5.54. The normalized spacial score (nSPS) is 18.1. The van der Waals surface area contributed by atoms with E-state index in [-0.39, 0.29) is 18.7 Å². The molecule has 0 spiro atoms. The van der Waals surface area contributed by atoms with Crippen LogP contribution in [0.5, 0.6) is 5.75 Å². The monoisotopic (exact) mass is 451 g/mol. The quantitative estimate of drug-likeness (QED) is 0.658. The maximum atomic E-state index is 12.8. The molecule has 176 valence electrons. The van der Waals surface area contributed by atoms with E-state index >= 15 is 0 Å². The van der Waals surface area contributed by atoms with Crippen molar-refractivity contribution in [2.24, 2.45) is 4.99 Å². The van der Waals surface area contributed by atoms with E-state index in [4.69, 9.17) is 9.57 Å². The molecule has 0 radical (unpaired) electrons. The molecule has 1 N–H and O–H groups in total. The molecule has 0 bridgehead atoms. The third kappa shape index (κ3) is 6.46. The van der Waals surface area contributed by atoms with Crippen molar-refractivity contribution in [3.63, 3.8) is 0 Å². The second-order valence-corrected chi connectivity index (χ2v) is 8.57. The lowest BCUT2D eigenvalue weighted by Crippen LogP contribution is -2.38. The summed E-state index contributed by atoms with van der Waals surface area (Å²) in [5.41, 5.74) is 4.42. The van der Waals surface area contributed by atoms with Crippen LogP contribution in [0.2, 0.25) is 0 Å². The number of rotatable bonds is 8. The summed E-state index contributed by atoms with van der Waals surface area (Å²) in [4.78, 5) is 25.8. The predicted molar refractivity (Wildman–Crippen MR) is 128 cm³/mol. The Balaban J connectivity index is 1.38. The molecular formula is C25H33N5O3. The van der Waals surface area contributed by atoms with Crippen LogP contribution in [0.3, 0.4) is 0 Å². The number of carbonyl (C=O) groups is 1. The maximum Gasteiger partial charge on any atom is 0.274 e. The molecule has 4 rings (SSSR count). The number of aliphatic imine (C=N–C) groups is 1. The van der Waals surface area contributed by atoms with Crippen molar-refractivity contribution in [3.05, 3.63) is 60.2 Å². The zero-order chi connectivity index (χ0) is 23.0. The van der Waals surface area contributed by atoms with Crippen LogP contribution >= 0.6 is 0 Å². The van der Waals surface area contributed by atoms with Crippen LogP contribution in [-0.2, 0) is 4.84 Å². The van der Waals surface area contributed by atoms with E-state index in [1.165, 1.54) is 37.4 Å². The van der Waals surface area contributed by atoms with Crippen LogP contribution in [0, 0.1) is 0 Å². The van der Waals surface area contributed by atoms with E-state index in [2.05, 4.69) is 15.3 Å². The van der Waals surface area contributed by atoms with Gasteiger partial charge in [-0.2, -0.15) is 5.06 Å². The van der Waals surface area contributed by atoms with Gasteiger partial charge in [0.2, 0.25) is 5.96 Å². The highest BCUT2D eigenvalue weighted by molar-refractivity contribution is 5.97. The van der Waals surface area contributed by atoms with Crippen LogP contribution in [-0.4, -0.2) is 65.9 Å². The molecule has 8 heteroatoms. The minimum absolute atomic E-state index is 0.0561. The van der Waals surface area contributed by atoms with Crippen molar-refractivity contribution >= 4 is 17.6 Å². The SMILES string of the molecule is CC(C)ON1CN(C(=O)c2ccccc2)NC1=Nc1ccc(OCCN2CCCCC2)cc1. The fourth-order valence-corrected chi connectivity index (χ4v) is 3.89. The Labute approximate surface area is 195 Å². The van der Waals surface area contributed by atoms with E-state index in [1.54, 1.807) is 17.2 Å². The zero-order valence-electron chi connectivity index (χ0n) is 19.4. The van der Waals surface area contributed by atoms with E-state index < -0.39 is 0 Å². The first-order valence-electron chi connectivity index (χ1n) is 11.7. The van der Waals surface area contributed by atoms with Crippen LogP contribution < -0.4 is 10.2 Å². The first-order chi connectivity index (χ1) is 16.1. The second kappa shape index (κ2) is 11.2. The Morgan fingerprint density at radius 2 is 1.76 bits per heavy atom. The average molecular weight is 452 g/mol. The van der Waals surface area contributed by atoms with Gasteiger partial charge in [-0.15, -0.1) is 0 Å². The minimum Gasteiger partial charge on any atom is -0.492 e. The fraction of sp³-hybridized carbons (Fsp3) is 0.440. The summed E-state index contributed by atoms with van der Waals surface area (Å²) in [6.45, 7) is 8.10. The van der Waals surface area contributed by atoms with Gasteiger partial charge in [0.1, 0.15) is 19.0 Å². The number of benzene rings is 2. The van der Waals surface area contributed by atoms with Crippen molar-refractivity contribution in [3.8, 4) is 5.75 Å². The molecule has 2 aliphatic heterocycles. The smallest absolute Gasteiger partial charge is 0.274 e. The van der Waals surface area contributed by atoms with Gasteiger partial charge >= 0.3 is 0 Å². The Kier molecular flexibility index (Phi) is 7.80. The number of hydrogen-bond acceptors (Lipinski definition) is 5. The van der Waals surface area contributed by atoms with Crippen LogP contribution in [0.25, 0.3) is 0 Å². The van der Waals surface area contributed by atoms with Gasteiger partial charge in [-0.1, -0.05) is 24.6 Å². The number of nitrogens with one attached hydrogen (secondary N) is 1. The topological polar surface area (TPSA) is 69.6 Å². The van der Waals surface area contributed by atoms with Gasteiger partial charge in [0.15, 0.2) is 0 Å². The van der Waals surface area contributed by atoms with Gasteiger partial charge in [-0.3, -0.25) is 20.0 Å². The molecule has 2 aliphatic rings. The summed E-state index contributed by atoms with van der Waals surface area (Å²) in [6.07, 6.45) is 3.86. The molecule has 2 saturated heterocycles. The lowest BCUT2D eigenvalue weighted by Gasteiger charge is -2.26. The van der Waals surface area contributed by atoms with Crippen molar-refractivity contribution in [1.82, 2.24) is 20.4 Å². The number of hydrazine groups is 1. The Bertz CT molecular complexity index is 927. The number of hydrogen-bond donors (Lipinski definition) is 1. The molecule has 8 nitrogen and oxygen atoms in total. The average Bonchev–Trinajstić information content (AvgIpc) is 3.22. The maximum absolute atomic E-state index is 12.8. The van der Waals surface area contributed by atoms with Crippen LogP contribution in [0.1, 0.15) is 43.5 Å². The highest BCUT2D eigenvalue weighted by Crippen LogP contribution is 2.21. The highest BCUT2D eigenvalue weighted by Gasteiger charge is 2.31. The van der Waals surface area contributed by atoms with Gasteiger partial charge in [-0.05, 0) is 76.2 Å². The molecule has 1 amide bonds. The molecule has 2 aromatic carbocycles. The number of ether oxygens (including phenoxy) is 1. The fourth-order valence-electron chi connectivity index (χ4n) is 3.89. The summed E-state index contributed by atoms with van der Waals surface area (Å²) in [6, 6.07) is 16.8. The lowest BCUT2D eigenvalue weighted by atomic mass is 10.1. The van der Waals surface area contributed by atoms with E-state index in [9.17, 15) is 4.79 Å². The number of hydroxylamine groups is 2. The molecule has 33 heavy (non-hydrogen) atoms. The molecule has 2 aromatic rings. The number of amides is 1. The highest BCUT2D eigenvalue weighted by atomic mass is 16.7. The lowest BCUT2D eigenvalue weighted by molar-refractivity contribution is -0.136. The largest absolute Gasteiger partial charge is 0.492 e. The molecule has 0 aliphatic carbocycles. The Morgan fingerprint density at radius 1 is 1.03 bits per heavy atom. The predicted octanol–water partition coefficient (Wildman–Crippen LogP) is 3.80. The van der Waals surface area contributed by atoms with E-state index in [0.29, 0.717) is 18.1 Å². The van der Waals surface area contributed by atoms with Crippen LogP contribution in [0.4, 0.5) is 5.69 Å². The van der Waals surface area contributed by atoms with Crippen LogP contribution in [0.15, 0.2) is 59.6 Å². The van der Waals surface area contributed by atoms with E-state index in [0.717, 1.165) is 18.0 Å². The van der Waals surface area contributed by atoms with Crippen molar-refractivity contribution in [2.45, 2.75) is 39.2 Å². The number of likely N-dealkylation sites (tertiary alicyclic amines) is 1. The summed E-state index contributed by atoms with van der Waals surface area (Å²) < 4.78 is 5.91.